The van der Waals surface area contributed by atoms with Crippen LogP contribution in [0.2, 0.25) is 0 Å². The molecule has 6 N–H and O–H groups in total. The zero-order valence-electron chi connectivity index (χ0n) is 7.16. The van der Waals surface area contributed by atoms with E-state index >= 15 is 0 Å². The van der Waals surface area contributed by atoms with Crippen molar-refractivity contribution in [1.29, 1.82) is 0 Å². The molecule has 0 aliphatic heterocycles. The van der Waals surface area contributed by atoms with Gasteiger partial charge in [0.15, 0.2) is 0 Å². The Kier molecular flexibility index (Phi) is 4.88. The van der Waals surface area contributed by atoms with E-state index in [1.54, 1.807) is 5.32 Å². The van der Waals surface area contributed by atoms with Gasteiger partial charge in [-0.3, -0.25) is 4.55 Å². The van der Waals surface area contributed by atoms with E-state index in [4.69, 9.17) is 25.0 Å². The number of aliphatic hydroxyl groups excluding tert-OH is 1. The molecule has 0 rings (SSSR count). The summed E-state index contributed by atoms with van der Waals surface area (Å²) in [6.07, 6.45) is -4.58. The van der Waals surface area contributed by atoms with Gasteiger partial charge in [-0.2, -0.15) is 8.42 Å². The molecular weight excluding hydrogens is 218 g/mol. The lowest BCUT2D eigenvalue weighted by molar-refractivity contribution is -0.331. The van der Waals surface area contributed by atoms with E-state index in [9.17, 15) is 8.42 Å². The van der Waals surface area contributed by atoms with Crippen LogP contribution in [0.15, 0.2) is 0 Å². The second-order valence-corrected chi connectivity index (χ2v) is 4.25. The lowest BCUT2D eigenvalue weighted by Crippen LogP contribution is -2.46. The highest BCUT2D eigenvalue weighted by molar-refractivity contribution is 7.85. The third-order valence-electron chi connectivity index (χ3n) is 1.24. The maximum Gasteiger partial charge on any atom is 0.343 e. The Hall–Kier alpha value is -0.290. The van der Waals surface area contributed by atoms with Crippen LogP contribution in [0.5, 0.6) is 0 Å². The van der Waals surface area contributed by atoms with Crippen LogP contribution in [-0.2, 0) is 10.1 Å². The maximum absolute atomic E-state index is 10.2. The van der Waals surface area contributed by atoms with E-state index in [2.05, 4.69) is 0 Å². The number of aliphatic hydroxyl groups is 4. The fourth-order valence-corrected chi connectivity index (χ4v) is 1.39. The Bertz CT molecular complexity index is 256. The van der Waals surface area contributed by atoms with Gasteiger partial charge in [0.25, 0.3) is 10.1 Å². The lowest BCUT2D eigenvalue weighted by atomic mass is 10.3. The SMILES string of the molecule is O=S(=O)(O)CC(O)CCNC(O)(O)O. The molecule has 0 aliphatic carbocycles. The molecule has 0 aromatic carbocycles. The van der Waals surface area contributed by atoms with Crippen molar-refractivity contribution in [3.05, 3.63) is 0 Å². The fraction of sp³-hybridized carbons (Fsp3) is 1.00. The average molecular weight is 231 g/mol. The molecule has 1 unspecified atom stereocenters. The molecule has 0 aromatic heterocycles. The summed E-state index contributed by atoms with van der Waals surface area (Å²) in [5, 5.41) is 35.7. The second kappa shape index (κ2) is 4.98. The van der Waals surface area contributed by atoms with Crippen LogP contribution < -0.4 is 5.32 Å². The van der Waals surface area contributed by atoms with Crippen LogP contribution in [0.4, 0.5) is 0 Å². The van der Waals surface area contributed by atoms with E-state index in [1.807, 2.05) is 0 Å². The topological polar surface area (TPSA) is 147 Å². The Morgan fingerprint density at radius 2 is 1.79 bits per heavy atom. The molecule has 86 valence electrons. The Morgan fingerprint density at radius 1 is 1.29 bits per heavy atom. The highest BCUT2D eigenvalue weighted by Crippen LogP contribution is 1.96. The van der Waals surface area contributed by atoms with E-state index in [1.165, 1.54) is 0 Å². The summed E-state index contributed by atoms with van der Waals surface area (Å²) in [5.41, 5.74) is 0. The van der Waals surface area contributed by atoms with Gasteiger partial charge in [-0.05, 0) is 6.42 Å². The second-order valence-electron chi connectivity index (χ2n) is 2.75. The average Bonchev–Trinajstić information content (AvgIpc) is 1.78. The molecule has 0 fully saturated rings. The summed E-state index contributed by atoms with van der Waals surface area (Å²) >= 11 is 0. The molecule has 14 heavy (non-hydrogen) atoms. The van der Waals surface area contributed by atoms with E-state index < -0.39 is 28.1 Å². The minimum Gasteiger partial charge on any atom is -0.392 e. The maximum atomic E-state index is 10.2. The van der Waals surface area contributed by atoms with Gasteiger partial charge in [0.2, 0.25) is 0 Å². The molecule has 0 bridgehead atoms. The molecule has 1 atom stereocenters. The van der Waals surface area contributed by atoms with E-state index in [-0.39, 0.29) is 13.0 Å². The quantitative estimate of drug-likeness (QED) is 0.207. The lowest BCUT2D eigenvalue weighted by Gasteiger charge is -2.16. The number of hydrogen-bond acceptors (Lipinski definition) is 7. The highest BCUT2D eigenvalue weighted by Gasteiger charge is 2.18. The summed E-state index contributed by atoms with van der Waals surface area (Å²) < 4.78 is 28.7. The highest BCUT2D eigenvalue weighted by atomic mass is 32.2. The van der Waals surface area contributed by atoms with Gasteiger partial charge < -0.3 is 20.4 Å². The summed E-state index contributed by atoms with van der Waals surface area (Å²) in [7, 11) is -4.25. The van der Waals surface area contributed by atoms with Gasteiger partial charge in [-0.25, -0.2) is 5.32 Å². The van der Waals surface area contributed by atoms with Crippen LogP contribution in [0.3, 0.4) is 0 Å². The van der Waals surface area contributed by atoms with Crippen molar-refractivity contribution in [1.82, 2.24) is 5.32 Å². The van der Waals surface area contributed by atoms with Crippen LogP contribution in [0, 0.1) is 0 Å². The minimum atomic E-state index is -4.25. The van der Waals surface area contributed by atoms with Gasteiger partial charge in [-0.15, -0.1) is 0 Å². The van der Waals surface area contributed by atoms with Crippen LogP contribution in [-0.4, -0.2) is 57.9 Å². The first-order valence-electron chi connectivity index (χ1n) is 3.65. The van der Waals surface area contributed by atoms with Gasteiger partial charge in [-0.1, -0.05) is 0 Å². The smallest absolute Gasteiger partial charge is 0.343 e. The molecule has 0 spiro atoms. The molecule has 8 nitrogen and oxygen atoms in total. The molecule has 0 aliphatic rings. The molecule has 0 radical (unpaired) electrons. The predicted octanol–water partition coefficient (Wildman–Crippen LogP) is -3.20. The fourth-order valence-electron chi connectivity index (χ4n) is 0.733. The first-order valence-corrected chi connectivity index (χ1v) is 5.26. The van der Waals surface area contributed by atoms with Gasteiger partial charge in [0.1, 0.15) is 5.75 Å². The normalized spacial score (nSPS) is 15.5. The summed E-state index contributed by atoms with van der Waals surface area (Å²) in [6.45, 7) is -0.236. The monoisotopic (exact) mass is 231 g/mol. The molecule has 0 amide bonds. The Balaban J connectivity index is 3.71. The van der Waals surface area contributed by atoms with Gasteiger partial charge in [0.05, 0.1) is 6.10 Å². The van der Waals surface area contributed by atoms with Crippen molar-refractivity contribution in [2.24, 2.45) is 0 Å². The van der Waals surface area contributed by atoms with Crippen LogP contribution in [0.1, 0.15) is 6.42 Å². The summed E-state index contributed by atoms with van der Waals surface area (Å²) in [6, 6.07) is 0. The first kappa shape index (κ1) is 13.7. The molecule has 9 heteroatoms. The van der Waals surface area contributed by atoms with Crippen LogP contribution in [0.25, 0.3) is 0 Å². The van der Waals surface area contributed by atoms with Gasteiger partial charge in [0, 0.05) is 6.54 Å². The molecule has 0 aromatic rings. The van der Waals surface area contributed by atoms with Gasteiger partial charge >= 0.3 is 6.10 Å². The molecular formula is C5H13NO7S. The Morgan fingerprint density at radius 3 is 2.14 bits per heavy atom. The number of hydrogen-bond donors (Lipinski definition) is 6. The van der Waals surface area contributed by atoms with E-state index in [0.29, 0.717) is 0 Å². The Labute approximate surface area is 80.6 Å². The van der Waals surface area contributed by atoms with Crippen molar-refractivity contribution >= 4 is 10.1 Å². The largest absolute Gasteiger partial charge is 0.392 e. The standard InChI is InChI=1S/C5H13NO7S/c7-4(3-14(11,12)13)1-2-6-5(8,9)10/h4,6-10H,1-3H2,(H,11,12,13). The van der Waals surface area contributed by atoms with E-state index in [0.717, 1.165) is 0 Å². The van der Waals surface area contributed by atoms with Crippen molar-refractivity contribution in [3.8, 4) is 0 Å². The predicted molar refractivity (Wildman–Crippen MR) is 44.4 cm³/mol. The third-order valence-corrected chi connectivity index (χ3v) is 2.05. The number of nitrogens with one attached hydrogen (secondary N) is 1. The summed E-state index contributed by atoms with van der Waals surface area (Å²) in [4.78, 5) is 0. The minimum absolute atomic E-state index is 0.177. The van der Waals surface area contributed by atoms with Crippen molar-refractivity contribution in [2.45, 2.75) is 18.6 Å². The van der Waals surface area contributed by atoms with Crippen molar-refractivity contribution < 1.29 is 33.4 Å². The molecule has 0 heterocycles. The molecule has 0 saturated heterocycles. The first-order chi connectivity index (χ1) is 6.10. The van der Waals surface area contributed by atoms with Crippen molar-refractivity contribution in [2.75, 3.05) is 12.3 Å². The van der Waals surface area contributed by atoms with Crippen LogP contribution >= 0.6 is 0 Å². The molecule has 0 saturated carbocycles. The third kappa shape index (κ3) is 9.80. The zero-order valence-corrected chi connectivity index (χ0v) is 7.98. The summed E-state index contributed by atoms with van der Waals surface area (Å²) in [5.74, 6) is -0.843. The number of rotatable bonds is 6. The van der Waals surface area contributed by atoms with Crippen molar-refractivity contribution in [3.63, 3.8) is 0 Å². The zero-order chi connectivity index (χ0) is 11.4.